The van der Waals surface area contributed by atoms with Crippen molar-refractivity contribution in [1.29, 1.82) is 10.5 Å². The van der Waals surface area contributed by atoms with Crippen molar-refractivity contribution in [3.63, 3.8) is 0 Å². The van der Waals surface area contributed by atoms with Crippen LogP contribution < -0.4 is 5.73 Å². The Kier molecular flexibility index (Phi) is 5.64. The molecule has 23 heavy (non-hydrogen) atoms. The summed E-state index contributed by atoms with van der Waals surface area (Å²) in [5.74, 6) is 0. The minimum Gasteiger partial charge on any atom is -0.389 e. The first-order valence-corrected chi connectivity index (χ1v) is 7.87. The second kappa shape index (κ2) is 7.68. The molecule has 0 spiro atoms. The van der Waals surface area contributed by atoms with Gasteiger partial charge in [0.15, 0.2) is 0 Å². The number of nitriles is 2. The molecule has 0 saturated heterocycles. The van der Waals surface area contributed by atoms with Crippen LogP contribution in [0.15, 0.2) is 40.5 Å². The summed E-state index contributed by atoms with van der Waals surface area (Å²) in [5.41, 5.74) is 8.11. The number of thiocarbonyl (C=S) groups is 1. The van der Waals surface area contributed by atoms with Gasteiger partial charge in [-0.15, -0.1) is 0 Å². The Bertz CT molecular complexity index is 837. The Morgan fingerprint density at radius 2 is 2.04 bits per heavy atom. The van der Waals surface area contributed by atoms with Crippen LogP contribution in [0.3, 0.4) is 0 Å². The highest BCUT2D eigenvalue weighted by Crippen LogP contribution is 2.26. The van der Waals surface area contributed by atoms with E-state index < -0.39 is 0 Å². The van der Waals surface area contributed by atoms with Crippen LogP contribution in [0, 0.1) is 22.7 Å². The lowest BCUT2D eigenvalue weighted by atomic mass is 10.1. The third-order valence-electron chi connectivity index (χ3n) is 3.05. The maximum Gasteiger partial charge on any atom is 0.114 e. The molecular weight excluding hydrogens is 374 g/mol. The molecule has 2 aromatic rings. The summed E-state index contributed by atoms with van der Waals surface area (Å²) in [6.45, 7) is 0.475. The van der Waals surface area contributed by atoms with Crippen molar-refractivity contribution in [2.24, 2.45) is 5.73 Å². The Morgan fingerprint density at radius 3 is 2.61 bits per heavy atom. The molecule has 0 saturated carbocycles. The van der Waals surface area contributed by atoms with Gasteiger partial charge >= 0.3 is 0 Å². The van der Waals surface area contributed by atoms with E-state index in [1.807, 2.05) is 30.3 Å². The predicted molar refractivity (Wildman–Crippen MR) is 96.0 cm³/mol. The van der Waals surface area contributed by atoms with Gasteiger partial charge in [-0.25, -0.2) is 0 Å². The molecule has 0 bridgehead atoms. The van der Waals surface area contributed by atoms with E-state index in [1.54, 1.807) is 17.0 Å². The Morgan fingerprint density at radius 1 is 1.35 bits per heavy atom. The van der Waals surface area contributed by atoms with Gasteiger partial charge in [0.05, 0.1) is 30.3 Å². The zero-order valence-electron chi connectivity index (χ0n) is 12.0. The zero-order chi connectivity index (χ0) is 16.8. The van der Waals surface area contributed by atoms with Gasteiger partial charge in [0.2, 0.25) is 0 Å². The van der Waals surface area contributed by atoms with E-state index in [-0.39, 0.29) is 10.6 Å². The molecule has 2 rings (SSSR count). The maximum absolute atomic E-state index is 9.14. The standard InChI is InChI=1S/C16H12BrN5S/c17-14-4-2-11(3-5-14)15-13(8-12(9-19)16(20)23)10-22(21-15)7-1-6-18/h2-5,8,10H,1,7H2,(H2,20,23). The van der Waals surface area contributed by atoms with E-state index in [0.29, 0.717) is 18.7 Å². The number of benzene rings is 1. The van der Waals surface area contributed by atoms with E-state index in [2.05, 4.69) is 27.1 Å². The Balaban J connectivity index is 2.53. The van der Waals surface area contributed by atoms with Gasteiger partial charge in [-0.3, -0.25) is 4.68 Å². The van der Waals surface area contributed by atoms with E-state index in [1.165, 1.54) is 0 Å². The molecule has 0 aliphatic carbocycles. The quantitative estimate of drug-likeness (QED) is 0.483. The van der Waals surface area contributed by atoms with E-state index >= 15 is 0 Å². The van der Waals surface area contributed by atoms with Crippen LogP contribution in [-0.4, -0.2) is 14.8 Å². The number of aryl methyl sites for hydroxylation is 1. The predicted octanol–water partition coefficient (Wildman–Crippen LogP) is 3.42. The molecule has 0 aliphatic rings. The molecule has 0 amide bonds. The maximum atomic E-state index is 9.14. The van der Waals surface area contributed by atoms with E-state index in [9.17, 15) is 0 Å². The molecule has 0 atom stereocenters. The van der Waals surface area contributed by atoms with Gasteiger partial charge < -0.3 is 5.73 Å². The van der Waals surface area contributed by atoms with Crippen molar-refractivity contribution in [2.75, 3.05) is 0 Å². The first-order chi connectivity index (χ1) is 11.0. The highest BCUT2D eigenvalue weighted by Gasteiger charge is 2.11. The highest BCUT2D eigenvalue weighted by molar-refractivity contribution is 9.10. The molecule has 0 aliphatic heterocycles. The molecule has 5 nitrogen and oxygen atoms in total. The van der Waals surface area contributed by atoms with Crippen LogP contribution in [0.4, 0.5) is 0 Å². The van der Waals surface area contributed by atoms with Gasteiger partial charge in [0.1, 0.15) is 11.1 Å². The molecule has 1 aromatic carbocycles. The van der Waals surface area contributed by atoms with Crippen molar-refractivity contribution in [3.05, 3.63) is 46.1 Å². The second-order valence-electron chi connectivity index (χ2n) is 4.65. The molecule has 114 valence electrons. The highest BCUT2D eigenvalue weighted by atomic mass is 79.9. The number of rotatable bonds is 5. The van der Waals surface area contributed by atoms with Crippen molar-refractivity contribution in [1.82, 2.24) is 9.78 Å². The summed E-state index contributed by atoms with van der Waals surface area (Å²) in [6.07, 6.45) is 3.75. The van der Waals surface area contributed by atoms with Crippen molar-refractivity contribution in [3.8, 4) is 23.4 Å². The molecule has 2 N–H and O–H groups in total. The van der Waals surface area contributed by atoms with E-state index in [4.69, 9.17) is 28.5 Å². The van der Waals surface area contributed by atoms with Crippen molar-refractivity contribution >= 4 is 39.2 Å². The number of aromatic nitrogens is 2. The van der Waals surface area contributed by atoms with Gasteiger partial charge in [-0.05, 0) is 18.2 Å². The number of halogens is 1. The van der Waals surface area contributed by atoms with Crippen LogP contribution >= 0.6 is 28.1 Å². The van der Waals surface area contributed by atoms with Gasteiger partial charge in [0.25, 0.3) is 0 Å². The summed E-state index contributed by atoms with van der Waals surface area (Å²) in [6, 6.07) is 11.7. The fraction of sp³-hybridized carbons (Fsp3) is 0.125. The largest absolute Gasteiger partial charge is 0.389 e. The topological polar surface area (TPSA) is 91.4 Å². The summed E-state index contributed by atoms with van der Waals surface area (Å²) < 4.78 is 2.64. The summed E-state index contributed by atoms with van der Waals surface area (Å²) in [5, 5.41) is 22.4. The van der Waals surface area contributed by atoms with Crippen molar-refractivity contribution in [2.45, 2.75) is 13.0 Å². The first-order valence-electron chi connectivity index (χ1n) is 6.67. The summed E-state index contributed by atoms with van der Waals surface area (Å²) >= 11 is 8.28. The molecule has 0 fully saturated rings. The number of nitrogens with zero attached hydrogens (tertiary/aromatic N) is 4. The first kappa shape index (κ1) is 16.9. The Hall–Kier alpha value is -2.48. The lowest BCUT2D eigenvalue weighted by Crippen LogP contribution is -2.09. The minimum atomic E-state index is 0.0408. The molecule has 1 heterocycles. The van der Waals surface area contributed by atoms with Crippen molar-refractivity contribution < 1.29 is 0 Å². The lowest BCUT2D eigenvalue weighted by Gasteiger charge is -2.00. The van der Waals surface area contributed by atoms with Crippen LogP contribution in [0.1, 0.15) is 12.0 Å². The van der Waals surface area contributed by atoms with Gasteiger partial charge in [-0.2, -0.15) is 15.6 Å². The normalized spacial score (nSPS) is 10.8. The van der Waals surface area contributed by atoms with Crippen LogP contribution in [0.25, 0.3) is 17.3 Å². The smallest absolute Gasteiger partial charge is 0.114 e. The SMILES string of the molecule is N#CCCn1cc(C=C(C#N)C(N)=S)c(-c2ccc(Br)cc2)n1. The zero-order valence-corrected chi connectivity index (χ0v) is 14.4. The number of hydrogen-bond donors (Lipinski definition) is 1. The minimum absolute atomic E-state index is 0.0408. The molecular formula is C16H12BrN5S. The average molecular weight is 386 g/mol. The summed E-state index contributed by atoms with van der Waals surface area (Å²) in [4.78, 5) is 0.0408. The summed E-state index contributed by atoms with van der Waals surface area (Å²) in [7, 11) is 0. The van der Waals surface area contributed by atoms with Gasteiger partial charge in [-0.1, -0.05) is 40.3 Å². The molecule has 7 heteroatoms. The fourth-order valence-corrected chi connectivity index (χ4v) is 2.34. The lowest BCUT2D eigenvalue weighted by molar-refractivity contribution is 0.629. The molecule has 0 unspecified atom stereocenters. The monoisotopic (exact) mass is 385 g/mol. The average Bonchev–Trinajstić information content (AvgIpc) is 2.94. The van der Waals surface area contributed by atoms with E-state index in [0.717, 1.165) is 15.6 Å². The molecule has 0 radical (unpaired) electrons. The number of hydrogen-bond acceptors (Lipinski definition) is 4. The van der Waals surface area contributed by atoms with Crippen LogP contribution in [0.5, 0.6) is 0 Å². The number of nitrogens with two attached hydrogens (primary N) is 1. The van der Waals surface area contributed by atoms with Crippen LogP contribution in [0.2, 0.25) is 0 Å². The van der Waals surface area contributed by atoms with Crippen LogP contribution in [-0.2, 0) is 6.54 Å². The third kappa shape index (κ3) is 4.26. The fourth-order valence-electron chi connectivity index (χ4n) is 1.97. The Labute approximate surface area is 147 Å². The second-order valence-corrected chi connectivity index (χ2v) is 6.00. The third-order valence-corrected chi connectivity index (χ3v) is 3.79. The van der Waals surface area contributed by atoms with Gasteiger partial charge in [0, 0.05) is 21.8 Å². The molecule has 1 aromatic heterocycles.